The largest absolute Gasteiger partial charge is 0.573 e. The lowest BCUT2D eigenvalue weighted by molar-refractivity contribution is -0.274. The van der Waals surface area contributed by atoms with Gasteiger partial charge in [-0.3, -0.25) is 4.79 Å². The minimum Gasteiger partial charge on any atom is -0.406 e. The molecular weight excluding hydrogens is 476 g/mol. The van der Waals surface area contributed by atoms with Crippen LogP contribution in [0.4, 0.5) is 23.2 Å². The highest BCUT2D eigenvalue weighted by Crippen LogP contribution is 2.39. The summed E-state index contributed by atoms with van der Waals surface area (Å²) in [7, 11) is 0. The van der Waals surface area contributed by atoms with E-state index in [9.17, 15) is 18.0 Å². The van der Waals surface area contributed by atoms with E-state index in [1.807, 2.05) is 0 Å². The topological polar surface area (TPSA) is 84.2 Å². The van der Waals surface area contributed by atoms with Crippen molar-refractivity contribution in [3.63, 3.8) is 0 Å². The predicted molar refractivity (Wildman–Crippen MR) is 127 cm³/mol. The summed E-state index contributed by atoms with van der Waals surface area (Å²) in [6.45, 7) is 3.01. The molecule has 10 heteroatoms. The Kier molecular flexibility index (Phi) is 6.30. The zero-order valence-corrected chi connectivity index (χ0v) is 19.9. The molecule has 192 valence electrons. The van der Waals surface area contributed by atoms with Crippen LogP contribution in [0.2, 0.25) is 0 Å². The second-order valence-electron chi connectivity index (χ2n) is 9.87. The van der Waals surface area contributed by atoms with Gasteiger partial charge in [-0.2, -0.15) is 0 Å². The molecule has 3 heterocycles. The van der Waals surface area contributed by atoms with Crippen molar-refractivity contribution in [2.24, 2.45) is 5.92 Å². The van der Waals surface area contributed by atoms with Gasteiger partial charge in [0.25, 0.3) is 5.91 Å². The maximum atomic E-state index is 15.2. The zero-order chi connectivity index (χ0) is 25.6. The number of rotatable bonds is 3. The number of hydrogen-bond donors (Lipinski definition) is 2. The molecule has 1 amide bonds. The van der Waals surface area contributed by atoms with E-state index in [-0.39, 0.29) is 28.9 Å². The van der Waals surface area contributed by atoms with E-state index >= 15 is 4.39 Å². The predicted octanol–water partition coefficient (Wildman–Crippen LogP) is 5.72. The number of nitrogens with zero attached hydrogens (tertiary/aromatic N) is 2. The second kappa shape index (κ2) is 9.29. The van der Waals surface area contributed by atoms with Crippen LogP contribution >= 0.6 is 0 Å². The molecule has 0 saturated carbocycles. The van der Waals surface area contributed by atoms with Crippen molar-refractivity contribution in [1.82, 2.24) is 14.9 Å². The van der Waals surface area contributed by atoms with Crippen LogP contribution < -0.4 is 10.5 Å². The van der Waals surface area contributed by atoms with Crippen molar-refractivity contribution in [3.05, 3.63) is 52.6 Å². The number of nitrogens with one attached hydrogen (secondary N) is 1. The number of hydrogen-bond acceptors (Lipinski definition) is 4. The van der Waals surface area contributed by atoms with Gasteiger partial charge in [-0.1, -0.05) is 6.92 Å². The summed E-state index contributed by atoms with van der Waals surface area (Å²) >= 11 is 0. The molecule has 1 aromatic carbocycles. The van der Waals surface area contributed by atoms with E-state index in [1.165, 1.54) is 17.8 Å². The van der Waals surface area contributed by atoms with Gasteiger partial charge in [0.15, 0.2) is 0 Å². The molecule has 1 aliphatic heterocycles. The Labute approximate surface area is 205 Å². The third-order valence-electron chi connectivity index (χ3n) is 7.46. The molecule has 5 rings (SSSR count). The fourth-order valence-corrected chi connectivity index (χ4v) is 5.56. The molecule has 0 spiro atoms. The molecule has 0 bridgehead atoms. The molecule has 3 aromatic rings. The Morgan fingerprint density at radius 1 is 1.17 bits per heavy atom. The number of halogens is 4. The summed E-state index contributed by atoms with van der Waals surface area (Å²) in [5.74, 6) is -0.626. The Morgan fingerprint density at radius 3 is 2.58 bits per heavy atom. The van der Waals surface area contributed by atoms with Gasteiger partial charge in [-0.25, -0.2) is 9.37 Å². The minimum absolute atomic E-state index is 0.0694. The fraction of sp³-hybridized carbons (Fsp3) is 0.462. The van der Waals surface area contributed by atoms with Crippen molar-refractivity contribution in [2.75, 3.05) is 18.8 Å². The smallest absolute Gasteiger partial charge is 0.406 e. The van der Waals surface area contributed by atoms with E-state index < -0.39 is 12.1 Å². The number of H-pyrrole nitrogens is 1. The molecule has 0 radical (unpaired) electrons. The molecule has 3 N–H and O–H groups in total. The number of aromatic amines is 1. The lowest BCUT2D eigenvalue weighted by Crippen LogP contribution is -2.38. The number of carbonyl (C=O) groups is 1. The normalized spacial score (nSPS) is 19.2. The fourth-order valence-electron chi connectivity index (χ4n) is 5.56. The number of nitrogen functional groups attached to an aromatic ring is 1. The van der Waals surface area contributed by atoms with Gasteiger partial charge in [0.1, 0.15) is 17.2 Å². The van der Waals surface area contributed by atoms with E-state index in [4.69, 9.17) is 5.73 Å². The molecule has 1 atom stereocenters. The maximum Gasteiger partial charge on any atom is 0.573 e. The number of benzene rings is 1. The molecule has 2 aliphatic rings. The van der Waals surface area contributed by atoms with E-state index in [0.29, 0.717) is 37.4 Å². The van der Waals surface area contributed by atoms with Crippen LogP contribution in [-0.4, -0.2) is 40.2 Å². The number of aryl methyl sites for hydroxylation is 2. The van der Waals surface area contributed by atoms with Crippen molar-refractivity contribution >= 4 is 22.6 Å². The zero-order valence-electron chi connectivity index (χ0n) is 19.9. The summed E-state index contributed by atoms with van der Waals surface area (Å²) in [5, 5.41) is 0.897. The molecule has 1 fully saturated rings. The van der Waals surface area contributed by atoms with E-state index in [0.717, 1.165) is 54.5 Å². The van der Waals surface area contributed by atoms with Crippen molar-refractivity contribution in [2.45, 2.75) is 57.7 Å². The number of fused-ring (bicyclic) bond motifs is 3. The third-order valence-corrected chi connectivity index (χ3v) is 7.46. The van der Waals surface area contributed by atoms with Gasteiger partial charge >= 0.3 is 6.36 Å². The maximum absolute atomic E-state index is 15.2. The number of nitrogens with two attached hydrogens (primary N) is 1. The summed E-state index contributed by atoms with van der Waals surface area (Å²) in [6, 6.07) is 3.31. The van der Waals surface area contributed by atoms with E-state index in [1.54, 1.807) is 4.90 Å². The Balaban J connectivity index is 1.34. The number of pyridine rings is 1. The van der Waals surface area contributed by atoms with Gasteiger partial charge in [0.2, 0.25) is 0 Å². The highest BCUT2D eigenvalue weighted by Gasteiger charge is 2.33. The molecule has 1 saturated heterocycles. The Bertz CT molecular complexity index is 1300. The monoisotopic (exact) mass is 504 g/mol. The second-order valence-corrected chi connectivity index (χ2v) is 9.87. The summed E-state index contributed by atoms with van der Waals surface area (Å²) in [6.07, 6.45) is 1.51. The van der Waals surface area contributed by atoms with Crippen LogP contribution in [0, 0.1) is 11.7 Å². The average Bonchev–Trinajstić information content (AvgIpc) is 3.07. The van der Waals surface area contributed by atoms with Gasteiger partial charge in [0.05, 0.1) is 11.8 Å². The molecule has 36 heavy (non-hydrogen) atoms. The molecule has 1 aliphatic carbocycles. The quantitative estimate of drug-likeness (QED) is 0.272. The number of aromatic nitrogens is 2. The first kappa shape index (κ1) is 24.4. The number of piperidine rings is 1. The van der Waals surface area contributed by atoms with Gasteiger partial charge < -0.3 is 20.4 Å². The van der Waals surface area contributed by atoms with Crippen molar-refractivity contribution in [3.8, 4) is 5.75 Å². The van der Waals surface area contributed by atoms with Gasteiger partial charge in [0, 0.05) is 41.5 Å². The van der Waals surface area contributed by atoms with Crippen LogP contribution in [0.1, 0.15) is 65.7 Å². The van der Waals surface area contributed by atoms with Crippen LogP contribution in [0.3, 0.4) is 0 Å². The van der Waals surface area contributed by atoms with Crippen LogP contribution in [0.25, 0.3) is 11.0 Å². The number of carbonyl (C=O) groups excluding carboxylic acids is 1. The summed E-state index contributed by atoms with van der Waals surface area (Å²) in [5.41, 5.74) is 9.61. The first-order chi connectivity index (χ1) is 17.1. The first-order valence-electron chi connectivity index (χ1n) is 12.2. The van der Waals surface area contributed by atoms with Crippen LogP contribution in [-0.2, 0) is 12.8 Å². The third kappa shape index (κ3) is 4.73. The van der Waals surface area contributed by atoms with Crippen molar-refractivity contribution < 1.29 is 27.1 Å². The number of anilines is 1. The summed E-state index contributed by atoms with van der Waals surface area (Å²) in [4.78, 5) is 22.4. The molecule has 1 unspecified atom stereocenters. The highest BCUT2D eigenvalue weighted by atomic mass is 19.4. The molecular formula is C26H28F4N4O2. The van der Waals surface area contributed by atoms with Crippen LogP contribution in [0.5, 0.6) is 5.75 Å². The number of amides is 1. The Hall–Kier alpha value is -3.30. The number of ether oxygens (including phenoxy) is 1. The minimum atomic E-state index is -4.84. The lowest BCUT2D eigenvalue weighted by atomic mass is 9.86. The average molecular weight is 505 g/mol. The first-order valence-corrected chi connectivity index (χ1v) is 12.2. The summed E-state index contributed by atoms with van der Waals surface area (Å²) < 4.78 is 56.5. The Morgan fingerprint density at radius 2 is 1.89 bits per heavy atom. The van der Waals surface area contributed by atoms with Gasteiger partial charge in [-0.15, -0.1) is 13.2 Å². The molecule has 6 nitrogen and oxygen atoms in total. The number of alkyl halides is 3. The van der Waals surface area contributed by atoms with Crippen LogP contribution in [0.15, 0.2) is 24.4 Å². The molecule has 2 aromatic heterocycles. The van der Waals surface area contributed by atoms with E-state index in [2.05, 4.69) is 21.6 Å². The number of likely N-dealkylation sites (tertiary alicyclic amines) is 1. The SMILES string of the molecule is CC1CCc2[nH]c3ncc(F)c(C4CCN(C(=O)c5ccc(OC(F)(F)F)cc5N)CC4)c3c2CC1. The van der Waals surface area contributed by atoms with Gasteiger partial charge in [-0.05, 0) is 68.1 Å². The lowest BCUT2D eigenvalue weighted by Gasteiger charge is -2.33. The highest BCUT2D eigenvalue weighted by molar-refractivity contribution is 5.99. The van der Waals surface area contributed by atoms with Crippen molar-refractivity contribution in [1.29, 1.82) is 0 Å². The standard InChI is InChI=1S/C26H28F4N4O2/c1-14-2-5-18-21(7-3-14)33-24-23(18)22(19(27)13-32-24)15-8-10-34(11-9-15)25(35)17-6-4-16(12-20(17)31)36-26(28,29)30/h4,6,12-15H,2-3,5,7-11,31H2,1H3,(H,32,33).